The number of aldehydes is 1. The second-order valence-corrected chi connectivity index (χ2v) is 4.36. The normalized spacial score (nSPS) is 28.4. The van der Waals surface area contributed by atoms with E-state index in [9.17, 15) is 9.18 Å². The smallest absolute Gasteiger partial charge is 0.310 e. The number of hydrogen-bond donors (Lipinski definition) is 0. The molecule has 1 saturated carbocycles. The van der Waals surface area contributed by atoms with E-state index < -0.39 is 12.3 Å². The predicted molar refractivity (Wildman–Crippen MR) is 56.8 cm³/mol. The zero-order chi connectivity index (χ0) is 11.8. The third kappa shape index (κ3) is 1.88. The molecular formula is C11H12FN3O2. The van der Waals surface area contributed by atoms with Crippen molar-refractivity contribution in [2.75, 3.05) is 11.5 Å². The highest BCUT2D eigenvalue weighted by Gasteiger charge is 2.44. The largest absolute Gasteiger partial charge is 0.349 e. The second-order valence-electron chi connectivity index (χ2n) is 4.36. The third-order valence-corrected chi connectivity index (χ3v) is 3.23. The van der Waals surface area contributed by atoms with Crippen LogP contribution in [-0.4, -0.2) is 35.1 Å². The summed E-state index contributed by atoms with van der Waals surface area (Å²) < 4.78 is 18.4. The summed E-state index contributed by atoms with van der Waals surface area (Å²) in [5, 5.41) is 0. The summed E-state index contributed by atoms with van der Waals surface area (Å²) in [6.45, 7) is 0.500. The first kappa shape index (κ1) is 10.6. The van der Waals surface area contributed by atoms with Gasteiger partial charge in [-0.25, -0.2) is 4.98 Å². The van der Waals surface area contributed by atoms with Gasteiger partial charge in [0.15, 0.2) is 12.5 Å². The van der Waals surface area contributed by atoms with Crippen molar-refractivity contribution in [1.82, 2.24) is 9.97 Å². The van der Waals surface area contributed by atoms with Crippen molar-refractivity contribution in [1.29, 1.82) is 0 Å². The molecule has 0 amide bonds. The maximum Gasteiger partial charge on any atom is 0.310 e. The standard InChI is InChI=1S/C11H12FN3O2/c12-11-13-4-3-9(14-11)15-8(7-1-2-7)6-17-10(15)5-16/h3-5,7-8,10H,1-2,6H2. The Balaban J connectivity index is 1.93. The summed E-state index contributed by atoms with van der Waals surface area (Å²) in [5.74, 6) is 0.946. The fourth-order valence-electron chi connectivity index (χ4n) is 2.27. The molecule has 1 aliphatic heterocycles. The van der Waals surface area contributed by atoms with Crippen molar-refractivity contribution in [3.05, 3.63) is 18.3 Å². The second kappa shape index (κ2) is 4.03. The lowest BCUT2D eigenvalue weighted by Crippen LogP contribution is -2.40. The molecule has 90 valence electrons. The van der Waals surface area contributed by atoms with Crippen LogP contribution in [-0.2, 0) is 9.53 Å². The van der Waals surface area contributed by atoms with Crippen molar-refractivity contribution in [3.8, 4) is 0 Å². The van der Waals surface area contributed by atoms with Crippen LogP contribution in [0.4, 0.5) is 10.2 Å². The number of hydrogen-bond acceptors (Lipinski definition) is 5. The molecule has 0 aromatic carbocycles. The Morgan fingerprint density at radius 2 is 2.35 bits per heavy atom. The Morgan fingerprint density at radius 1 is 1.53 bits per heavy atom. The molecule has 0 bridgehead atoms. The van der Waals surface area contributed by atoms with Crippen LogP contribution in [0.5, 0.6) is 0 Å². The quantitative estimate of drug-likeness (QED) is 0.573. The molecule has 2 aliphatic rings. The van der Waals surface area contributed by atoms with Crippen molar-refractivity contribution in [2.45, 2.75) is 25.1 Å². The number of ether oxygens (including phenoxy) is 1. The molecule has 5 nitrogen and oxygen atoms in total. The minimum atomic E-state index is -0.784. The number of anilines is 1. The van der Waals surface area contributed by atoms with Gasteiger partial charge in [0.05, 0.1) is 12.6 Å². The first-order valence-corrected chi connectivity index (χ1v) is 5.63. The molecule has 0 radical (unpaired) electrons. The molecule has 1 saturated heterocycles. The first-order valence-electron chi connectivity index (χ1n) is 5.63. The van der Waals surface area contributed by atoms with Crippen LogP contribution in [0.15, 0.2) is 12.3 Å². The zero-order valence-electron chi connectivity index (χ0n) is 9.12. The van der Waals surface area contributed by atoms with Crippen molar-refractivity contribution < 1.29 is 13.9 Å². The molecule has 6 heteroatoms. The number of nitrogens with zero attached hydrogens (tertiary/aromatic N) is 3. The van der Waals surface area contributed by atoms with Crippen LogP contribution >= 0.6 is 0 Å². The van der Waals surface area contributed by atoms with Gasteiger partial charge >= 0.3 is 6.08 Å². The lowest BCUT2D eigenvalue weighted by Gasteiger charge is -2.26. The molecule has 2 fully saturated rings. The average molecular weight is 237 g/mol. The van der Waals surface area contributed by atoms with Gasteiger partial charge in [-0.05, 0) is 24.8 Å². The van der Waals surface area contributed by atoms with E-state index in [1.807, 2.05) is 0 Å². The molecule has 1 aromatic rings. The van der Waals surface area contributed by atoms with Crippen molar-refractivity contribution in [3.63, 3.8) is 0 Å². The Morgan fingerprint density at radius 3 is 3.00 bits per heavy atom. The van der Waals surface area contributed by atoms with E-state index in [0.717, 1.165) is 19.1 Å². The van der Waals surface area contributed by atoms with Gasteiger partial charge in [0, 0.05) is 6.20 Å². The molecule has 2 unspecified atom stereocenters. The number of halogens is 1. The molecule has 0 spiro atoms. The highest BCUT2D eigenvalue weighted by atomic mass is 19.1. The Bertz CT molecular complexity index is 438. The summed E-state index contributed by atoms with van der Waals surface area (Å²) in [7, 11) is 0. The monoisotopic (exact) mass is 237 g/mol. The third-order valence-electron chi connectivity index (χ3n) is 3.23. The molecule has 3 rings (SSSR count). The summed E-state index contributed by atoms with van der Waals surface area (Å²) in [6, 6.07) is 1.73. The number of rotatable bonds is 3. The molecular weight excluding hydrogens is 225 g/mol. The summed E-state index contributed by atoms with van der Waals surface area (Å²) in [5.41, 5.74) is 0. The Hall–Kier alpha value is -1.56. The molecule has 2 heterocycles. The molecule has 1 aliphatic carbocycles. The van der Waals surface area contributed by atoms with Gasteiger partial charge in [0.25, 0.3) is 0 Å². The van der Waals surface area contributed by atoms with E-state index in [2.05, 4.69) is 9.97 Å². The van der Waals surface area contributed by atoms with Gasteiger partial charge in [0.1, 0.15) is 5.82 Å². The van der Waals surface area contributed by atoms with Crippen LogP contribution < -0.4 is 4.90 Å². The highest BCUT2D eigenvalue weighted by molar-refractivity contribution is 5.64. The molecule has 1 aromatic heterocycles. The van der Waals surface area contributed by atoms with Crippen LogP contribution in [0.2, 0.25) is 0 Å². The van der Waals surface area contributed by atoms with Gasteiger partial charge in [-0.3, -0.25) is 4.79 Å². The van der Waals surface area contributed by atoms with Gasteiger partial charge in [-0.15, -0.1) is 0 Å². The fraction of sp³-hybridized carbons (Fsp3) is 0.545. The van der Waals surface area contributed by atoms with E-state index in [1.54, 1.807) is 11.0 Å². The predicted octanol–water partition coefficient (Wildman–Crippen LogP) is 0.756. The van der Waals surface area contributed by atoms with Crippen molar-refractivity contribution in [2.24, 2.45) is 5.92 Å². The zero-order valence-corrected chi connectivity index (χ0v) is 9.12. The van der Waals surface area contributed by atoms with E-state index in [4.69, 9.17) is 4.74 Å². The Kier molecular flexibility index (Phi) is 2.51. The van der Waals surface area contributed by atoms with Crippen LogP contribution in [0.1, 0.15) is 12.8 Å². The van der Waals surface area contributed by atoms with Crippen molar-refractivity contribution >= 4 is 12.1 Å². The average Bonchev–Trinajstić information content (AvgIpc) is 3.08. The highest BCUT2D eigenvalue weighted by Crippen LogP contribution is 2.40. The molecule has 17 heavy (non-hydrogen) atoms. The minimum Gasteiger partial charge on any atom is -0.349 e. The maximum atomic E-state index is 13.0. The van der Waals surface area contributed by atoms with E-state index >= 15 is 0 Å². The summed E-state index contributed by atoms with van der Waals surface area (Å²) >= 11 is 0. The molecule has 2 atom stereocenters. The number of carbonyl (C=O) groups is 1. The summed E-state index contributed by atoms with van der Waals surface area (Å²) in [4.78, 5) is 19.9. The van der Waals surface area contributed by atoms with Crippen LogP contribution in [0, 0.1) is 12.0 Å². The SMILES string of the molecule is O=CC1OCC(C2CC2)N1c1ccnc(F)n1. The van der Waals surface area contributed by atoms with Gasteiger partial charge in [-0.2, -0.15) is 9.37 Å². The maximum absolute atomic E-state index is 13.0. The topological polar surface area (TPSA) is 55.3 Å². The first-order chi connectivity index (χ1) is 8.29. The number of carbonyl (C=O) groups excluding carboxylic acids is 1. The van der Waals surface area contributed by atoms with Gasteiger partial charge < -0.3 is 9.64 Å². The Labute approximate surface area is 97.6 Å². The number of aromatic nitrogens is 2. The van der Waals surface area contributed by atoms with E-state index in [-0.39, 0.29) is 6.04 Å². The van der Waals surface area contributed by atoms with E-state index in [0.29, 0.717) is 18.3 Å². The van der Waals surface area contributed by atoms with Gasteiger partial charge in [-0.1, -0.05) is 0 Å². The molecule has 0 N–H and O–H groups in total. The fourth-order valence-corrected chi connectivity index (χ4v) is 2.27. The minimum absolute atomic E-state index is 0.125. The van der Waals surface area contributed by atoms with Gasteiger partial charge in [0.2, 0.25) is 0 Å². The van der Waals surface area contributed by atoms with Crippen LogP contribution in [0.3, 0.4) is 0 Å². The van der Waals surface area contributed by atoms with E-state index in [1.165, 1.54) is 6.20 Å². The lowest BCUT2D eigenvalue weighted by atomic mass is 10.2. The summed E-state index contributed by atoms with van der Waals surface area (Å²) in [6.07, 6.45) is 2.89. The lowest BCUT2D eigenvalue weighted by molar-refractivity contribution is -0.115. The van der Waals surface area contributed by atoms with Crippen LogP contribution in [0.25, 0.3) is 0 Å².